The zero-order chi connectivity index (χ0) is 14.0. The zero-order valence-electron chi connectivity index (χ0n) is 11.7. The number of carboxylic acid groups (broad SMARTS) is 1. The lowest BCUT2D eigenvalue weighted by Gasteiger charge is -2.17. The first kappa shape index (κ1) is 16.7. The highest BCUT2D eigenvalue weighted by molar-refractivity contribution is 5.74. The van der Waals surface area contributed by atoms with E-state index < -0.39 is 5.97 Å². The third kappa shape index (κ3) is 9.93. The van der Waals surface area contributed by atoms with E-state index in [0.29, 0.717) is 12.8 Å². The van der Waals surface area contributed by atoms with Gasteiger partial charge in [0, 0.05) is 18.5 Å². The molecule has 5 nitrogen and oxygen atoms in total. The van der Waals surface area contributed by atoms with Gasteiger partial charge in [-0.15, -0.1) is 0 Å². The van der Waals surface area contributed by atoms with E-state index >= 15 is 0 Å². The minimum absolute atomic E-state index is 0.00252. The smallest absolute Gasteiger partial charge is 0.315 e. The first-order chi connectivity index (χ1) is 8.45. The second kappa shape index (κ2) is 9.74. The van der Waals surface area contributed by atoms with Crippen LogP contribution >= 0.6 is 0 Å². The number of amides is 2. The molecule has 5 heteroatoms. The van der Waals surface area contributed by atoms with Gasteiger partial charge in [0.15, 0.2) is 0 Å². The van der Waals surface area contributed by atoms with E-state index in [1.165, 1.54) is 0 Å². The number of unbranched alkanes of at least 4 members (excludes halogenated alkanes) is 1. The zero-order valence-corrected chi connectivity index (χ0v) is 11.7. The maximum absolute atomic E-state index is 11.6. The molecule has 0 aliphatic carbocycles. The minimum Gasteiger partial charge on any atom is -0.481 e. The van der Waals surface area contributed by atoms with Crippen molar-refractivity contribution in [1.82, 2.24) is 10.6 Å². The van der Waals surface area contributed by atoms with Crippen molar-refractivity contribution in [2.24, 2.45) is 0 Å². The molecule has 0 aliphatic rings. The van der Waals surface area contributed by atoms with Crippen molar-refractivity contribution in [2.45, 2.75) is 71.4 Å². The number of hydrogen-bond acceptors (Lipinski definition) is 2. The van der Waals surface area contributed by atoms with Gasteiger partial charge < -0.3 is 15.7 Å². The molecule has 0 radical (unpaired) electrons. The summed E-state index contributed by atoms with van der Waals surface area (Å²) in [7, 11) is 0. The molecule has 0 aromatic rings. The fourth-order valence-corrected chi connectivity index (χ4v) is 1.70. The lowest BCUT2D eigenvalue weighted by Crippen LogP contribution is -2.44. The molecule has 0 aliphatic heterocycles. The molecule has 18 heavy (non-hydrogen) atoms. The normalized spacial score (nSPS) is 13.7. The summed E-state index contributed by atoms with van der Waals surface area (Å²) in [5, 5.41) is 14.2. The van der Waals surface area contributed by atoms with Gasteiger partial charge in [0.05, 0.1) is 0 Å². The van der Waals surface area contributed by atoms with E-state index in [1.807, 2.05) is 13.8 Å². The van der Waals surface area contributed by atoms with Crippen LogP contribution in [0.4, 0.5) is 4.79 Å². The Morgan fingerprint density at radius 2 is 1.56 bits per heavy atom. The largest absolute Gasteiger partial charge is 0.481 e. The number of carboxylic acids is 1. The van der Waals surface area contributed by atoms with Crippen molar-refractivity contribution in [3.05, 3.63) is 0 Å². The average Bonchev–Trinajstić information content (AvgIpc) is 2.25. The van der Waals surface area contributed by atoms with Crippen LogP contribution in [0.15, 0.2) is 0 Å². The van der Waals surface area contributed by atoms with Crippen LogP contribution in [0.3, 0.4) is 0 Å². The van der Waals surface area contributed by atoms with Crippen LogP contribution in [0.5, 0.6) is 0 Å². The number of rotatable bonds is 9. The number of urea groups is 1. The lowest BCUT2D eigenvalue weighted by atomic mass is 10.1. The van der Waals surface area contributed by atoms with Gasteiger partial charge in [-0.25, -0.2) is 4.79 Å². The Kier molecular flexibility index (Phi) is 9.06. The van der Waals surface area contributed by atoms with E-state index in [9.17, 15) is 9.59 Å². The third-order valence-corrected chi connectivity index (χ3v) is 2.77. The van der Waals surface area contributed by atoms with Crippen LogP contribution in [-0.4, -0.2) is 29.2 Å². The topological polar surface area (TPSA) is 78.4 Å². The molecule has 0 saturated carbocycles. The van der Waals surface area contributed by atoms with Gasteiger partial charge in [0.2, 0.25) is 0 Å². The summed E-state index contributed by atoms with van der Waals surface area (Å²) in [6.45, 7) is 6.00. The van der Waals surface area contributed by atoms with Crippen LogP contribution in [0.25, 0.3) is 0 Å². The molecule has 0 aromatic heterocycles. The van der Waals surface area contributed by atoms with E-state index in [4.69, 9.17) is 5.11 Å². The summed E-state index contributed by atoms with van der Waals surface area (Å²) in [5.41, 5.74) is 0. The summed E-state index contributed by atoms with van der Waals surface area (Å²) in [6.07, 6.45) is 4.64. The molecule has 0 spiro atoms. The number of aliphatic carboxylic acids is 1. The Labute approximate surface area is 109 Å². The predicted octanol–water partition coefficient (Wildman–Crippen LogP) is 2.51. The third-order valence-electron chi connectivity index (χ3n) is 2.77. The molecule has 0 heterocycles. The Hall–Kier alpha value is -1.26. The predicted molar refractivity (Wildman–Crippen MR) is 71.6 cm³/mol. The standard InChI is InChI=1S/C13H26N2O3/c1-4-5-7-10(2)14-13(18)15-11(3)8-6-9-12(16)17/h10-11H,4-9H2,1-3H3,(H,16,17)(H2,14,15,18). The quantitative estimate of drug-likeness (QED) is 0.594. The summed E-state index contributed by atoms with van der Waals surface area (Å²) in [6, 6.07) is 0.0142. The maximum atomic E-state index is 11.6. The molecule has 0 bridgehead atoms. The second-order valence-corrected chi connectivity index (χ2v) is 4.85. The van der Waals surface area contributed by atoms with Crippen molar-refractivity contribution in [3.63, 3.8) is 0 Å². The highest BCUT2D eigenvalue weighted by Gasteiger charge is 2.10. The highest BCUT2D eigenvalue weighted by Crippen LogP contribution is 2.02. The van der Waals surface area contributed by atoms with E-state index in [-0.39, 0.29) is 24.5 Å². The average molecular weight is 258 g/mol. The van der Waals surface area contributed by atoms with Crippen LogP contribution in [-0.2, 0) is 4.79 Å². The van der Waals surface area contributed by atoms with Crippen LogP contribution in [0, 0.1) is 0 Å². The Balaban J connectivity index is 3.69. The number of carbonyl (C=O) groups is 2. The van der Waals surface area contributed by atoms with Crippen molar-refractivity contribution in [3.8, 4) is 0 Å². The SMILES string of the molecule is CCCCC(C)NC(=O)NC(C)CCCC(=O)O. The monoisotopic (exact) mass is 258 g/mol. The molecular formula is C13H26N2O3. The van der Waals surface area contributed by atoms with Crippen LogP contribution in [0.1, 0.15) is 59.3 Å². The number of nitrogens with one attached hydrogen (secondary N) is 2. The van der Waals surface area contributed by atoms with Crippen molar-refractivity contribution < 1.29 is 14.7 Å². The van der Waals surface area contributed by atoms with Crippen molar-refractivity contribution in [1.29, 1.82) is 0 Å². The first-order valence-electron chi connectivity index (χ1n) is 6.74. The highest BCUT2D eigenvalue weighted by atomic mass is 16.4. The first-order valence-corrected chi connectivity index (χ1v) is 6.74. The lowest BCUT2D eigenvalue weighted by molar-refractivity contribution is -0.137. The molecule has 0 rings (SSSR count). The summed E-state index contributed by atoms with van der Waals surface area (Å²) >= 11 is 0. The van der Waals surface area contributed by atoms with Gasteiger partial charge in [0.25, 0.3) is 0 Å². The number of hydrogen-bond donors (Lipinski definition) is 3. The van der Waals surface area contributed by atoms with Gasteiger partial charge >= 0.3 is 12.0 Å². The van der Waals surface area contributed by atoms with Gasteiger partial charge in [-0.3, -0.25) is 4.79 Å². The van der Waals surface area contributed by atoms with Gasteiger partial charge in [-0.05, 0) is 33.1 Å². The molecule has 2 unspecified atom stereocenters. The van der Waals surface area contributed by atoms with E-state index in [1.54, 1.807) is 0 Å². The summed E-state index contributed by atoms with van der Waals surface area (Å²) in [5.74, 6) is -0.792. The molecule has 106 valence electrons. The summed E-state index contributed by atoms with van der Waals surface area (Å²) in [4.78, 5) is 21.9. The Bertz CT molecular complexity index is 257. The Morgan fingerprint density at radius 1 is 1.06 bits per heavy atom. The fraction of sp³-hybridized carbons (Fsp3) is 0.846. The molecular weight excluding hydrogens is 232 g/mol. The Morgan fingerprint density at radius 3 is 2.00 bits per heavy atom. The molecule has 2 amide bonds. The molecule has 3 N–H and O–H groups in total. The molecule has 0 aromatic carbocycles. The van der Waals surface area contributed by atoms with E-state index in [0.717, 1.165) is 19.3 Å². The van der Waals surface area contributed by atoms with E-state index in [2.05, 4.69) is 17.6 Å². The van der Waals surface area contributed by atoms with Gasteiger partial charge in [-0.2, -0.15) is 0 Å². The fourth-order valence-electron chi connectivity index (χ4n) is 1.70. The van der Waals surface area contributed by atoms with Crippen molar-refractivity contribution >= 4 is 12.0 Å². The molecule has 0 fully saturated rings. The maximum Gasteiger partial charge on any atom is 0.315 e. The van der Waals surface area contributed by atoms with Gasteiger partial charge in [0.1, 0.15) is 0 Å². The summed E-state index contributed by atoms with van der Waals surface area (Å²) < 4.78 is 0. The van der Waals surface area contributed by atoms with Gasteiger partial charge in [-0.1, -0.05) is 19.8 Å². The second-order valence-electron chi connectivity index (χ2n) is 4.85. The number of carbonyl (C=O) groups excluding carboxylic acids is 1. The minimum atomic E-state index is -0.792. The molecule has 0 saturated heterocycles. The molecule has 2 atom stereocenters. The van der Waals surface area contributed by atoms with Crippen LogP contribution < -0.4 is 10.6 Å². The van der Waals surface area contributed by atoms with Crippen molar-refractivity contribution in [2.75, 3.05) is 0 Å². The van der Waals surface area contributed by atoms with Crippen LogP contribution in [0.2, 0.25) is 0 Å².